The van der Waals surface area contributed by atoms with Crippen molar-refractivity contribution < 1.29 is 0 Å². The highest BCUT2D eigenvalue weighted by Crippen LogP contribution is 2.31. The second-order valence-electron chi connectivity index (χ2n) is 4.01. The summed E-state index contributed by atoms with van der Waals surface area (Å²) in [6.07, 6.45) is 0. The topological polar surface area (TPSA) is 26.0 Å². The Labute approximate surface area is 108 Å². The predicted octanol–water partition coefficient (Wildman–Crippen LogP) is 4.18. The van der Waals surface area contributed by atoms with Crippen molar-refractivity contribution in [1.29, 1.82) is 0 Å². The molecule has 0 bridgehead atoms. The molecule has 16 heavy (non-hydrogen) atoms. The zero-order valence-electron chi connectivity index (χ0n) is 9.33. The molecular formula is C13H14BrNS. The summed E-state index contributed by atoms with van der Waals surface area (Å²) in [5, 5.41) is 4.17. The third-order valence-electron chi connectivity index (χ3n) is 2.74. The average molecular weight is 296 g/mol. The maximum atomic E-state index is 6.29. The molecule has 3 heteroatoms. The highest BCUT2D eigenvalue weighted by atomic mass is 79.9. The monoisotopic (exact) mass is 295 g/mol. The standard InChI is InChI=1S/C13H14BrNS/c1-8-3-4-10(9(2)5-8)13(15)11-6-16-7-12(11)14/h3-7,13H,15H2,1-2H3. The van der Waals surface area contributed by atoms with E-state index in [-0.39, 0.29) is 6.04 Å². The molecule has 0 saturated heterocycles. The molecule has 0 saturated carbocycles. The van der Waals surface area contributed by atoms with E-state index in [9.17, 15) is 0 Å². The molecular weight excluding hydrogens is 282 g/mol. The Balaban J connectivity index is 2.41. The van der Waals surface area contributed by atoms with E-state index >= 15 is 0 Å². The maximum absolute atomic E-state index is 6.29. The summed E-state index contributed by atoms with van der Waals surface area (Å²) in [4.78, 5) is 0. The molecule has 0 amide bonds. The van der Waals surface area contributed by atoms with Crippen LogP contribution >= 0.6 is 27.3 Å². The van der Waals surface area contributed by atoms with Gasteiger partial charge in [-0.3, -0.25) is 0 Å². The molecule has 2 rings (SSSR count). The molecule has 0 spiro atoms. The van der Waals surface area contributed by atoms with Gasteiger partial charge >= 0.3 is 0 Å². The van der Waals surface area contributed by atoms with Gasteiger partial charge in [0.05, 0.1) is 6.04 Å². The minimum atomic E-state index is -0.0405. The van der Waals surface area contributed by atoms with Crippen molar-refractivity contribution in [1.82, 2.24) is 0 Å². The van der Waals surface area contributed by atoms with Gasteiger partial charge in [0, 0.05) is 9.85 Å². The lowest BCUT2D eigenvalue weighted by molar-refractivity contribution is 0.861. The van der Waals surface area contributed by atoms with Crippen molar-refractivity contribution in [2.75, 3.05) is 0 Å². The van der Waals surface area contributed by atoms with Crippen LogP contribution in [0.25, 0.3) is 0 Å². The normalized spacial score (nSPS) is 12.8. The molecule has 1 heterocycles. The number of thiophene rings is 1. The summed E-state index contributed by atoms with van der Waals surface area (Å²) in [7, 11) is 0. The lowest BCUT2D eigenvalue weighted by Crippen LogP contribution is -2.12. The largest absolute Gasteiger partial charge is 0.320 e. The zero-order chi connectivity index (χ0) is 11.7. The number of benzene rings is 1. The first-order chi connectivity index (χ1) is 7.59. The van der Waals surface area contributed by atoms with Gasteiger partial charge in [-0.2, -0.15) is 11.3 Å². The van der Waals surface area contributed by atoms with Crippen LogP contribution in [0.15, 0.2) is 33.4 Å². The SMILES string of the molecule is Cc1ccc(C(N)c2cscc2Br)c(C)c1. The van der Waals surface area contributed by atoms with Gasteiger partial charge in [0.1, 0.15) is 0 Å². The Kier molecular flexibility index (Phi) is 3.47. The van der Waals surface area contributed by atoms with Crippen molar-refractivity contribution in [2.45, 2.75) is 19.9 Å². The highest BCUT2D eigenvalue weighted by Gasteiger charge is 2.14. The van der Waals surface area contributed by atoms with Gasteiger partial charge in [-0.05, 0) is 51.8 Å². The maximum Gasteiger partial charge on any atom is 0.0573 e. The lowest BCUT2D eigenvalue weighted by atomic mass is 9.96. The molecule has 1 aromatic carbocycles. The Hall–Kier alpha value is -0.640. The Morgan fingerprint density at radius 3 is 2.50 bits per heavy atom. The number of nitrogens with two attached hydrogens (primary N) is 1. The fraction of sp³-hybridized carbons (Fsp3) is 0.231. The van der Waals surface area contributed by atoms with E-state index in [1.54, 1.807) is 11.3 Å². The number of halogens is 1. The molecule has 2 N–H and O–H groups in total. The van der Waals surface area contributed by atoms with Crippen LogP contribution in [-0.4, -0.2) is 0 Å². The molecule has 0 aliphatic heterocycles. The van der Waals surface area contributed by atoms with Crippen LogP contribution in [0.4, 0.5) is 0 Å². The quantitative estimate of drug-likeness (QED) is 0.884. The van der Waals surface area contributed by atoms with Crippen molar-refractivity contribution in [2.24, 2.45) is 5.73 Å². The van der Waals surface area contributed by atoms with Crippen LogP contribution in [0.3, 0.4) is 0 Å². The van der Waals surface area contributed by atoms with Crippen LogP contribution in [0, 0.1) is 13.8 Å². The minimum Gasteiger partial charge on any atom is -0.320 e. The highest BCUT2D eigenvalue weighted by molar-refractivity contribution is 9.10. The predicted molar refractivity (Wildman–Crippen MR) is 74.0 cm³/mol. The molecule has 1 aromatic heterocycles. The van der Waals surface area contributed by atoms with Crippen LogP contribution in [0.1, 0.15) is 28.3 Å². The summed E-state index contributed by atoms with van der Waals surface area (Å²) in [6.45, 7) is 4.21. The molecule has 0 aliphatic rings. The van der Waals surface area contributed by atoms with Gasteiger partial charge in [-0.15, -0.1) is 0 Å². The second-order valence-corrected chi connectivity index (χ2v) is 5.61. The Morgan fingerprint density at radius 2 is 1.94 bits per heavy atom. The minimum absolute atomic E-state index is 0.0405. The van der Waals surface area contributed by atoms with Gasteiger partial charge in [-0.25, -0.2) is 0 Å². The Bertz CT molecular complexity index is 504. The molecule has 1 unspecified atom stereocenters. The molecule has 84 valence electrons. The third kappa shape index (κ3) is 2.21. The molecule has 2 aromatic rings. The van der Waals surface area contributed by atoms with Gasteiger partial charge in [-0.1, -0.05) is 23.8 Å². The van der Waals surface area contributed by atoms with E-state index in [0.29, 0.717) is 0 Å². The van der Waals surface area contributed by atoms with Gasteiger partial charge < -0.3 is 5.73 Å². The van der Waals surface area contributed by atoms with Gasteiger partial charge in [0.15, 0.2) is 0 Å². The van der Waals surface area contributed by atoms with E-state index in [0.717, 1.165) is 10.0 Å². The summed E-state index contributed by atoms with van der Waals surface area (Å²) in [5.41, 5.74) is 11.2. The van der Waals surface area contributed by atoms with Crippen LogP contribution in [0.5, 0.6) is 0 Å². The van der Waals surface area contributed by atoms with Crippen LogP contribution in [0.2, 0.25) is 0 Å². The fourth-order valence-corrected chi connectivity index (χ4v) is 3.44. The summed E-state index contributed by atoms with van der Waals surface area (Å²) in [5.74, 6) is 0. The summed E-state index contributed by atoms with van der Waals surface area (Å²) < 4.78 is 1.10. The number of rotatable bonds is 2. The first-order valence-corrected chi connectivity index (χ1v) is 6.87. The van der Waals surface area contributed by atoms with Gasteiger partial charge in [0.25, 0.3) is 0 Å². The van der Waals surface area contributed by atoms with E-state index in [2.05, 4.69) is 58.7 Å². The van der Waals surface area contributed by atoms with Crippen molar-refractivity contribution in [3.05, 3.63) is 55.7 Å². The summed E-state index contributed by atoms with van der Waals surface area (Å²) in [6, 6.07) is 6.37. The van der Waals surface area contributed by atoms with Crippen LogP contribution in [-0.2, 0) is 0 Å². The van der Waals surface area contributed by atoms with Crippen molar-refractivity contribution >= 4 is 27.3 Å². The molecule has 0 radical (unpaired) electrons. The molecule has 0 aliphatic carbocycles. The van der Waals surface area contributed by atoms with E-state index < -0.39 is 0 Å². The summed E-state index contributed by atoms with van der Waals surface area (Å²) >= 11 is 5.20. The smallest absolute Gasteiger partial charge is 0.0573 e. The van der Waals surface area contributed by atoms with E-state index in [1.807, 2.05) is 0 Å². The molecule has 1 nitrogen and oxygen atoms in total. The second kappa shape index (κ2) is 4.70. The molecule has 1 atom stereocenters. The lowest BCUT2D eigenvalue weighted by Gasteiger charge is -2.15. The zero-order valence-corrected chi connectivity index (χ0v) is 11.7. The van der Waals surface area contributed by atoms with Crippen molar-refractivity contribution in [3.63, 3.8) is 0 Å². The molecule has 0 fully saturated rings. The van der Waals surface area contributed by atoms with E-state index in [1.165, 1.54) is 16.7 Å². The third-order valence-corrected chi connectivity index (χ3v) is 4.49. The first-order valence-electron chi connectivity index (χ1n) is 5.14. The van der Waals surface area contributed by atoms with Crippen molar-refractivity contribution in [3.8, 4) is 0 Å². The van der Waals surface area contributed by atoms with E-state index in [4.69, 9.17) is 5.73 Å². The fourth-order valence-electron chi connectivity index (χ4n) is 1.86. The van der Waals surface area contributed by atoms with Gasteiger partial charge in [0.2, 0.25) is 0 Å². The number of hydrogen-bond acceptors (Lipinski definition) is 2. The Morgan fingerprint density at radius 1 is 1.19 bits per heavy atom. The number of aryl methyl sites for hydroxylation is 2. The average Bonchev–Trinajstić information content (AvgIpc) is 2.63. The first kappa shape index (κ1) is 11.8. The van der Waals surface area contributed by atoms with Crippen LogP contribution < -0.4 is 5.73 Å². The number of hydrogen-bond donors (Lipinski definition) is 1.